The summed E-state index contributed by atoms with van der Waals surface area (Å²) in [6.45, 7) is 4.12. The summed E-state index contributed by atoms with van der Waals surface area (Å²) in [5.74, 6) is 0.00365. The van der Waals surface area contributed by atoms with Crippen molar-refractivity contribution in [3.63, 3.8) is 0 Å². The first kappa shape index (κ1) is 15.4. The molecule has 5 heteroatoms. The van der Waals surface area contributed by atoms with Crippen LogP contribution in [-0.4, -0.2) is 41.6 Å². The highest BCUT2D eigenvalue weighted by Crippen LogP contribution is 2.25. The Hall–Kier alpha value is -1.52. The van der Waals surface area contributed by atoms with Gasteiger partial charge in [0.2, 0.25) is 0 Å². The Morgan fingerprint density at radius 1 is 1.45 bits per heavy atom. The first-order valence-electron chi connectivity index (χ1n) is 7.87. The highest BCUT2D eigenvalue weighted by atomic mass is 35.5. The predicted octanol–water partition coefficient (Wildman–Crippen LogP) is 3.85. The van der Waals surface area contributed by atoms with Crippen molar-refractivity contribution in [1.82, 2.24) is 9.88 Å². The quantitative estimate of drug-likeness (QED) is 0.930. The molecule has 1 aliphatic heterocycles. The van der Waals surface area contributed by atoms with Gasteiger partial charge in [-0.2, -0.15) is 0 Å². The van der Waals surface area contributed by atoms with Gasteiger partial charge in [0.15, 0.2) is 0 Å². The molecule has 1 atom stereocenters. The van der Waals surface area contributed by atoms with Crippen molar-refractivity contribution in [3.8, 4) is 0 Å². The van der Waals surface area contributed by atoms with E-state index in [9.17, 15) is 4.79 Å². The van der Waals surface area contributed by atoms with Gasteiger partial charge >= 0.3 is 0 Å². The molecule has 22 heavy (non-hydrogen) atoms. The molecule has 0 saturated carbocycles. The fraction of sp³-hybridized carbons (Fsp3) is 0.471. The highest BCUT2D eigenvalue weighted by Gasteiger charge is 2.22. The van der Waals surface area contributed by atoms with Gasteiger partial charge in [0.05, 0.1) is 6.10 Å². The van der Waals surface area contributed by atoms with E-state index < -0.39 is 0 Å². The molecule has 4 nitrogen and oxygen atoms in total. The molecule has 1 fully saturated rings. The van der Waals surface area contributed by atoms with Crippen LogP contribution >= 0.6 is 11.6 Å². The molecular weight excluding hydrogens is 300 g/mol. The summed E-state index contributed by atoms with van der Waals surface area (Å²) in [5.41, 5.74) is 1.47. The number of aromatic nitrogens is 1. The molecule has 1 N–H and O–H groups in total. The van der Waals surface area contributed by atoms with Crippen LogP contribution in [0.5, 0.6) is 0 Å². The van der Waals surface area contributed by atoms with Crippen LogP contribution in [0, 0.1) is 0 Å². The molecule has 2 heterocycles. The standard InChI is InChI=1S/C17H21ClN2O2/c1-2-20(11-12-6-3-4-9-22-12)17(21)16-10-13-14(18)7-5-8-15(13)19-16/h5,7-8,10,12,19H,2-4,6,9,11H2,1H3. The predicted molar refractivity (Wildman–Crippen MR) is 88.5 cm³/mol. The Bertz CT molecular complexity index is 662. The van der Waals surface area contributed by atoms with Crippen molar-refractivity contribution >= 4 is 28.4 Å². The molecule has 1 aliphatic rings. The average Bonchev–Trinajstić information content (AvgIpc) is 2.98. The van der Waals surface area contributed by atoms with Crippen molar-refractivity contribution in [3.05, 3.63) is 35.0 Å². The van der Waals surface area contributed by atoms with E-state index in [0.717, 1.165) is 30.4 Å². The van der Waals surface area contributed by atoms with Crippen LogP contribution in [0.4, 0.5) is 0 Å². The maximum atomic E-state index is 12.7. The number of ether oxygens (including phenoxy) is 1. The number of rotatable bonds is 4. The Balaban J connectivity index is 1.78. The van der Waals surface area contributed by atoms with Crippen LogP contribution in [0.1, 0.15) is 36.7 Å². The van der Waals surface area contributed by atoms with Crippen LogP contribution in [0.25, 0.3) is 10.9 Å². The van der Waals surface area contributed by atoms with Gasteiger partial charge in [-0.15, -0.1) is 0 Å². The van der Waals surface area contributed by atoms with Crippen molar-refractivity contribution in [2.75, 3.05) is 19.7 Å². The number of carbonyl (C=O) groups is 1. The van der Waals surface area contributed by atoms with Crippen molar-refractivity contribution in [1.29, 1.82) is 0 Å². The van der Waals surface area contributed by atoms with Gasteiger partial charge in [0.25, 0.3) is 5.91 Å². The van der Waals surface area contributed by atoms with E-state index in [2.05, 4.69) is 4.98 Å². The third kappa shape index (κ3) is 3.13. The fourth-order valence-electron chi connectivity index (χ4n) is 2.96. The molecule has 0 spiro atoms. The summed E-state index contributed by atoms with van der Waals surface area (Å²) in [6, 6.07) is 7.48. The maximum absolute atomic E-state index is 12.7. The van der Waals surface area contributed by atoms with Gasteiger partial charge < -0.3 is 14.6 Å². The second kappa shape index (κ2) is 6.71. The smallest absolute Gasteiger partial charge is 0.270 e. The van der Waals surface area contributed by atoms with Gasteiger partial charge in [-0.3, -0.25) is 4.79 Å². The van der Waals surface area contributed by atoms with Gasteiger partial charge in [-0.05, 0) is 44.4 Å². The van der Waals surface area contributed by atoms with Crippen LogP contribution in [-0.2, 0) is 4.74 Å². The number of benzene rings is 1. The number of halogens is 1. The number of H-pyrrole nitrogens is 1. The maximum Gasteiger partial charge on any atom is 0.270 e. The Morgan fingerprint density at radius 3 is 3.00 bits per heavy atom. The van der Waals surface area contributed by atoms with E-state index in [1.807, 2.05) is 36.1 Å². The molecule has 118 valence electrons. The fourth-order valence-corrected chi connectivity index (χ4v) is 3.19. The molecule has 1 amide bonds. The monoisotopic (exact) mass is 320 g/mol. The van der Waals surface area contributed by atoms with Crippen molar-refractivity contribution in [2.24, 2.45) is 0 Å². The lowest BCUT2D eigenvalue weighted by Gasteiger charge is -2.29. The molecule has 3 rings (SSSR count). The molecule has 2 aromatic rings. The lowest BCUT2D eigenvalue weighted by Crippen LogP contribution is -2.39. The number of hydrogen-bond donors (Lipinski definition) is 1. The van der Waals surface area contributed by atoms with Crippen LogP contribution in [0.15, 0.2) is 24.3 Å². The molecule has 0 aliphatic carbocycles. The largest absolute Gasteiger partial charge is 0.376 e. The number of likely N-dealkylation sites (N-methyl/N-ethyl adjacent to an activating group) is 1. The number of aromatic amines is 1. The van der Waals surface area contributed by atoms with Gasteiger partial charge in [-0.25, -0.2) is 0 Å². The molecule has 0 radical (unpaired) electrons. The number of amides is 1. The molecule has 1 aromatic heterocycles. The second-order valence-electron chi connectivity index (χ2n) is 5.72. The number of fused-ring (bicyclic) bond motifs is 1. The molecule has 0 bridgehead atoms. The van der Waals surface area contributed by atoms with Gasteiger partial charge in [0.1, 0.15) is 5.69 Å². The minimum Gasteiger partial charge on any atom is -0.376 e. The van der Waals surface area contributed by atoms with Crippen LogP contribution < -0.4 is 0 Å². The van der Waals surface area contributed by atoms with E-state index in [1.165, 1.54) is 6.42 Å². The molecule has 1 saturated heterocycles. The molecular formula is C17H21ClN2O2. The normalized spacial score (nSPS) is 18.5. The summed E-state index contributed by atoms with van der Waals surface area (Å²) < 4.78 is 5.75. The zero-order valence-electron chi connectivity index (χ0n) is 12.8. The Morgan fingerprint density at radius 2 is 2.32 bits per heavy atom. The SMILES string of the molecule is CCN(CC1CCCCO1)C(=O)c1cc2c(Cl)cccc2[nH]1. The van der Waals surface area contributed by atoms with E-state index in [1.54, 1.807) is 0 Å². The molecule has 1 unspecified atom stereocenters. The number of nitrogens with one attached hydrogen (secondary N) is 1. The van der Waals surface area contributed by atoms with Crippen molar-refractivity contribution in [2.45, 2.75) is 32.3 Å². The molecule has 1 aromatic carbocycles. The average molecular weight is 321 g/mol. The lowest BCUT2D eigenvalue weighted by molar-refractivity contribution is -0.00321. The first-order chi connectivity index (χ1) is 10.7. The van der Waals surface area contributed by atoms with Gasteiger partial charge in [-0.1, -0.05) is 17.7 Å². The summed E-state index contributed by atoms with van der Waals surface area (Å²) in [4.78, 5) is 17.7. The van der Waals surface area contributed by atoms with E-state index in [-0.39, 0.29) is 12.0 Å². The van der Waals surface area contributed by atoms with Crippen LogP contribution in [0.3, 0.4) is 0 Å². The van der Waals surface area contributed by atoms with Gasteiger partial charge in [0, 0.05) is 35.6 Å². The second-order valence-corrected chi connectivity index (χ2v) is 6.12. The topological polar surface area (TPSA) is 45.3 Å². The number of carbonyl (C=O) groups excluding carboxylic acids is 1. The Kier molecular flexibility index (Phi) is 4.69. The summed E-state index contributed by atoms with van der Waals surface area (Å²) >= 11 is 6.18. The lowest BCUT2D eigenvalue weighted by atomic mass is 10.1. The van der Waals surface area contributed by atoms with E-state index in [4.69, 9.17) is 16.3 Å². The third-order valence-corrected chi connectivity index (χ3v) is 4.54. The minimum absolute atomic E-state index is 0.00365. The first-order valence-corrected chi connectivity index (χ1v) is 8.25. The highest BCUT2D eigenvalue weighted by molar-refractivity contribution is 6.35. The number of hydrogen-bond acceptors (Lipinski definition) is 2. The third-order valence-electron chi connectivity index (χ3n) is 4.21. The minimum atomic E-state index is 0.00365. The van der Waals surface area contributed by atoms with E-state index in [0.29, 0.717) is 23.8 Å². The zero-order valence-corrected chi connectivity index (χ0v) is 13.5. The Labute approximate surface area is 135 Å². The summed E-state index contributed by atoms with van der Waals surface area (Å²) in [5, 5.41) is 1.55. The zero-order chi connectivity index (χ0) is 15.5. The van der Waals surface area contributed by atoms with Crippen LogP contribution in [0.2, 0.25) is 5.02 Å². The summed E-state index contributed by atoms with van der Waals surface area (Å²) in [6.07, 6.45) is 3.49. The van der Waals surface area contributed by atoms with E-state index >= 15 is 0 Å². The van der Waals surface area contributed by atoms with Crippen molar-refractivity contribution < 1.29 is 9.53 Å². The number of nitrogens with zero attached hydrogens (tertiary/aromatic N) is 1. The summed E-state index contributed by atoms with van der Waals surface area (Å²) in [7, 11) is 0.